The molecule has 3 aromatic carbocycles. The highest BCUT2D eigenvalue weighted by Gasteiger charge is 2.17. The molecule has 0 aliphatic carbocycles. The van der Waals surface area contributed by atoms with E-state index in [9.17, 15) is 13.2 Å². The van der Waals surface area contributed by atoms with Gasteiger partial charge < -0.3 is 5.32 Å². The maximum Gasteiger partial charge on any atom is 0.261 e. The Bertz CT molecular complexity index is 1230. The Kier molecular flexibility index (Phi) is 6.84. The van der Waals surface area contributed by atoms with Crippen LogP contribution in [0.2, 0.25) is 20.1 Å². The molecule has 0 saturated heterocycles. The van der Waals surface area contributed by atoms with E-state index < -0.39 is 15.9 Å². The van der Waals surface area contributed by atoms with Gasteiger partial charge in [0.2, 0.25) is 0 Å². The first-order chi connectivity index (χ1) is 14.1. The van der Waals surface area contributed by atoms with Gasteiger partial charge in [-0.15, -0.1) is 0 Å². The van der Waals surface area contributed by atoms with Gasteiger partial charge in [0.15, 0.2) is 0 Å². The van der Waals surface area contributed by atoms with E-state index in [0.29, 0.717) is 0 Å². The highest BCUT2D eigenvalue weighted by atomic mass is 35.5. The third-order valence-electron chi connectivity index (χ3n) is 4.07. The minimum atomic E-state index is -3.83. The second kappa shape index (κ2) is 9.04. The van der Waals surface area contributed by atoms with Crippen LogP contribution in [-0.2, 0) is 10.0 Å². The molecule has 0 saturated carbocycles. The third-order valence-corrected chi connectivity index (χ3v) is 6.79. The van der Waals surface area contributed by atoms with Crippen molar-refractivity contribution >= 4 is 73.7 Å². The number of halogens is 4. The lowest BCUT2D eigenvalue weighted by atomic mass is 10.2. The summed E-state index contributed by atoms with van der Waals surface area (Å²) in [5.41, 5.74) is 1.54. The van der Waals surface area contributed by atoms with Crippen molar-refractivity contribution in [2.24, 2.45) is 0 Å². The van der Waals surface area contributed by atoms with Crippen LogP contribution < -0.4 is 10.0 Å². The number of amides is 1. The quantitative estimate of drug-likeness (QED) is 0.382. The highest BCUT2D eigenvalue weighted by molar-refractivity contribution is 7.92. The molecule has 0 unspecified atom stereocenters. The molecule has 156 valence electrons. The molecule has 0 bridgehead atoms. The van der Waals surface area contributed by atoms with Gasteiger partial charge in [0.25, 0.3) is 15.9 Å². The number of sulfonamides is 1. The van der Waals surface area contributed by atoms with Gasteiger partial charge in [-0.3, -0.25) is 9.52 Å². The molecule has 0 aromatic heterocycles. The van der Waals surface area contributed by atoms with Crippen LogP contribution in [0, 0.1) is 6.92 Å². The highest BCUT2D eigenvalue weighted by Crippen LogP contribution is 2.33. The van der Waals surface area contributed by atoms with Crippen molar-refractivity contribution in [3.8, 4) is 0 Å². The smallest absolute Gasteiger partial charge is 0.261 e. The van der Waals surface area contributed by atoms with Gasteiger partial charge in [-0.25, -0.2) is 8.42 Å². The average Bonchev–Trinajstić information content (AvgIpc) is 2.67. The minimum absolute atomic E-state index is 0.0542. The van der Waals surface area contributed by atoms with Crippen LogP contribution in [-0.4, -0.2) is 14.3 Å². The van der Waals surface area contributed by atoms with Crippen LogP contribution in [0.25, 0.3) is 0 Å². The fraction of sp³-hybridized carbons (Fsp3) is 0.0500. The van der Waals surface area contributed by atoms with E-state index in [1.807, 2.05) is 6.92 Å². The number of anilines is 2. The Hall–Kier alpha value is -1.96. The second-order valence-corrected chi connectivity index (χ2v) is 9.62. The third kappa shape index (κ3) is 5.20. The Morgan fingerprint density at radius 3 is 2.00 bits per heavy atom. The Morgan fingerprint density at radius 1 is 0.767 bits per heavy atom. The van der Waals surface area contributed by atoms with E-state index in [1.165, 1.54) is 42.5 Å². The average molecular weight is 504 g/mol. The number of nitrogens with one attached hydrogen (secondary N) is 2. The molecule has 3 aromatic rings. The van der Waals surface area contributed by atoms with Crippen molar-refractivity contribution < 1.29 is 13.2 Å². The maximum atomic E-state index is 12.5. The van der Waals surface area contributed by atoms with Gasteiger partial charge in [-0.1, -0.05) is 64.1 Å². The molecule has 30 heavy (non-hydrogen) atoms. The van der Waals surface area contributed by atoms with E-state index in [4.69, 9.17) is 46.4 Å². The van der Waals surface area contributed by atoms with Gasteiger partial charge in [0.1, 0.15) is 0 Å². The lowest BCUT2D eigenvalue weighted by Gasteiger charge is -2.12. The normalized spacial score (nSPS) is 11.2. The molecule has 0 spiro atoms. The number of rotatable bonds is 5. The van der Waals surface area contributed by atoms with Crippen LogP contribution in [0.5, 0.6) is 0 Å². The fourth-order valence-electron chi connectivity index (χ4n) is 2.47. The summed E-state index contributed by atoms with van der Waals surface area (Å²) >= 11 is 24.1. The van der Waals surface area contributed by atoms with E-state index in [1.54, 1.807) is 12.1 Å². The van der Waals surface area contributed by atoms with Crippen molar-refractivity contribution in [1.29, 1.82) is 0 Å². The molecule has 0 aliphatic heterocycles. The first-order valence-electron chi connectivity index (χ1n) is 8.42. The van der Waals surface area contributed by atoms with Gasteiger partial charge in [0.05, 0.1) is 36.4 Å². The fourth-order valence-corrected chi connectivity index (χ4v) is 4.43. The summed E-state index contributed by atoms with van der Waals surface area (Å²) in [6.45, 7) is 1.86. The Labute approximate surface area is 194 Å². The molecule has 0 radical (unpaired) electrons. The number of hydrogen-bond donors (Lipinski definition) is 2. The lowest BCUT2D eigenvalue weighted by molar-refractivity contribution is 0.102. The predicted octanol–water partition coefficient (Wildman–Crippen LogP) is 6.66. The monoisotopic (exact) mass is 502 g/mol. The molecule has 0 fully saturated rings. The summed E-state index contributed by atoms with van der Waals surface area (Å²) in [6.07, 6.45) is 0. The van der Waals surface area contributed by atoms with Crippen molar-refractivity contribution in [2.45, 2.75) is 11.8 Å². The van der Waals surface area contributed by atoms with Crippen LogP contribution in [0.15, 0.2) is 59.5 Å². The Balaban J connectivity index is 1.80. The zero-order chi connectivity index (χ0) is 22.1. The van der Waals surface area contributed by atoms with Crippen LogP contribution >= 0.6 is 46.4 Å². The zero-order valence-corrected chi connectivity index (χ0v) is 19.2. The summed E-state index contributed by atoms with van der Waals surface area (Å²) in [5.74, 6) is -0.509. The number of carbonyl (C=O) groups is 1. The summed E-state index contributed by atoms with van der Waals surface area (Å²) in [5, 5.41) is 3.37. The van der Waals surface area contributed by atoms with E-state index in [-0.39, 0.29) is 41.9 Å². The molecule has 5 nitrogen and oxygen atoms in total. The van der Waals surface area contributed by atoms with Crippen molar-refractivity contribution in [2.75, 3.05) is 10.0 Å². The molecule has 10 heteroatoms. The summed E-state index contributed by atoms with van der Waals surface area (Å²) in [4.78, 5) is 12.6. The van der Waals surface area contributed by atoms with Crippen LogP contribution in [0.1, 0.15) is 15.9 Å². The molecular formula is C20H14Cl4N2O3S. The first-order valence-corrected chi connectivity index (χ1v) is 11.4. The molecule has 1 amide bonds. The molecule has 0 atom stereocenters. The van der Waals surface area contributed by atoms with Gasteiger partial charge in [-0.2, -0.15) is 0 Å². The lowest BCUT2D eigenvalue weighted by Crippen LogP contribution is -2.15. The SMILES string of the molecule is Cc1ccc(S(=O)(=O)Nc2ccc(C(=O)Nc3cc(Cl)c(Cl)cc3Cl)cc2Cl)cc1. The van der Waals surface area contributed by atoms with E-state index in [0.717, 1.165) is 5.56 Å². The van der Waals surface area contributed by atoms with Crippen LogP contribution in [0.4, 0.5) is 11.4 Å². The zero-order valence-electron chi connectivity index (χ0n) is 15.3. The largest absolute Gasteiger partial charge is 0.321 e. The summed E-state index contributed by atoms with van der Waals surface area (Å²) < 4.78 is 27.5. The number of benzene rings is 3. The molecule has 0 heterocycles. The molecular weight excluding hydrogens is 490 g/mol. The Morgan fingerprint density at radius 2 is 1.37 bits per heavy atom. The molecule has 3 rings (SSSR count). The predicted molar refractivity (Wildman–Crippen MR) is 123 cm³/mol. The molecule has 0 aliphatic rings. The number of aryl methyl sites for hydroxylation is 1. The van der Waals surface area contributed by atoms with E-state index >= 15 is 0 Å². The topological polar surface area (TPSA) is 75.3 Å². The number of hydrogen-bond acceptors (Lipinski definition) is 3. The van der Waals surface area contributed by atoms with E-state index in [2.05, 4.69) is 10.0 Å². The first kappa shape index (κ1) is 22.7. The van der Waals surface area contributed by atoms with Gasteiger partial charge >= 0.3 is 0 Å². The molecule has 2 N–H and O–H groups in total. The van der Waals surface area contributed by atoms with Crippen molar-refractivity contribution in [3.63, 3.8) is 0 Å². The van der Waals surface area contributed by atoms with Crippen molar-refractivity contribution in [3.05, 3.63) is 85.8 Å². The summed E-state index contributed by atoms with van der Waals surface area (Å²) in [7, 11) is -3.83. The van der Waals surface area contributed by atoms with Gasteiger partial charge in [0, 0.05) is 5.56 Å². The number of carbonyl (C=O) groups excluding carboxylic acids is 1. The maximum absolute atomic E-state index is 12.5. The van der Waals surface area contributed by atoms with Gasteiger partial charge in [-0.05, 0) is 49.4 Å². The standard InChI is InChI=1S/C20H14Cl4N2O3S/c1-11-2-5-13(6-3-11)30(28,29)26-18-7-4-12(8-16(18)23)20(27)25-19-10-15(22)14(21)9-17(19)24/h2-10,26H,1H3,(H,25,27). The van der Waals surface area contributed by atoms with Crippen LogP contribution in [0.3, 0.4) is 0 Å². The summed E-state index contributed by atoms with van der Waals surface area (Å²) in [6, 6.07) is 13.4. The minimum Gasteiger partial charge on any atom is -0.321 e. The van der Waals surface area contributed by atoms with Crippen molar-refractivity contribution in [1.82, 2.24) is 0 Å². The second-order valence-electron chi connectivity index (χ2n) is 6.31.